The van der Waals surface area contributed by atoms with Gasteiger partial charge in [0.25, 0.3) is 0 Å². The van der Waals surface area contributed by atoms with E-state index in [2.05, 4.69) is 9.84 Å². The van der Waals surface area contributed by atoms with Crippen molar-refractivity contribution in [1.82, 2.24) is 9.78 Å². The summed E-state index contributed by atoms with van der Waals surface area (Å²) in [7, 11) is 3.00. The van der Waals surface area contributed by atoms with Crippen LogP contribution in [0.2, 0.25) is 0 Å². The number of nitro groups is 1. The Kier molecular flexibility index (Phi) is 5.69. The van der Waals surface area contributed by atoms with E-state index in [4.69, 9.17) is 0 Å². The van der Waals surface area contributed by atoms with Crippen LogP contribution in [0.15, 0.2) is 0 Å². The van der Waals surface area contributed by atoms with Crippen molar-refractivity contribution in [2.75, 3.05) is 25.1 Å². The highest BCUT2D eigenvalue weighted by Crippen LogP contribution is 2.35. The maximum atomic E-state index is 11.4. The fourth-order valence-corrected chi connectivity index (χ4v) is 2.18. The Hall–Kier alpha value is -2.12. The first-order chi connectivity index (χ1) is 9.83. The van der Waals surface area contributed by atoms with E-state index >= 15 is 0 Å². The smallest absolute Gasteiger partial charge is 0.334 e. The second-order valence-electron chi connectivity index (χ2n) is 5.00. The van der Waals surface area contributed by atoms with E-state index in [1.54, 1.807) is 11.9 Å². The van der Waals surface area contributed by atoms with E-state index < -0.39 is 4.92 Å². The zero-order chi connectivity index (χ0) is 16.2. The molecule has 1 aromatic rings. The molecule has 8 heteroatoms. The predicted molar refractivity (Wildman–Crippen MR) is 78.5 cm³/mol. The number of aryl methyl sites for hydroxylation is 1. The number of nitrogens with zero attached hydrogens (tertiary/aromatic N) is 4. The molecule has 0 saturated heterocycles. The number of aromatic nitrogens is 2. The lowest BCUT2D eigenvalue weighted by Crippen LogP contribution is -2.28. The zero-order valence-electron chi connectivity index (χ0n) is 13.1. The summed E-state index contributed by atoms with van der Waals surface area (Å²) in [5, 5.41) is 15.7. The number of carbonyl (C=O) groups excluding carboxylic acids is 1. The molecule has 21 heavy (non-hydrogen) atoms. The van der Waals surface area contributed by atoms with Crippen molar-refractivity contribution in [2.45, 2.75) is 33.1 Å². The molecule has 0 spiro atoms. The molecule has 0 amide bonds. The molecule has 118 valence electrons. The number of methoxy groups -OCH3 is 1. The second kappa shape index (κ2) is 7.05. The number of rotatable bonds is 7. The van der Waals surface area contributed by atoms with E-state index in [0.717, 1.165) is 0 Å². The van der Waals surface area contributed by atoms with Crippen LogP contribution in [-0.2, 0) is 16.6 Å². The highest BCUT2D eigenvalue weighted by molar-refractivity contribution is 5.70. The fraction of sp³-hybridized carbons (Fsp3) is 0.692. The van der Waals surface area contributed by atoms with E-state index in [-0.39, 0.29) is 24.0 Å². The number of hydrogen-bond donors (Lipinski definition) is 0. The van der Waals surface area contributed by atoms with Crippen molar-refractivity contribution in [3.05, 3.63) is 15.8 Å². The van der Waals surface area contributed by atoms with Crippen LogP contribution in [0, 0.1) is 10.1 Å². The molecule has 0 bridgehead atoms. The molecular formula is C13H22N4O4. The van der Waals surface area contributed by atoms with Gasteiger partial charge in [-0.3, -0.25) is 14.9 Å². The van der Waals surface area contributed by atoms with Crippen LogP contribution in [0.25, 0.3) is 0 Å². The Morgan fingerprint density at radius 1 is 1.52 bits per heavy atom. The first kappa shape index (κ1) is 16.9. The van der Waals surface area contributed by atoms with E-state index in [9.17, 15) is 14.9 Å². The molecule has 0 radical (unpaired) electrons. The van der Waals surface area contributed by atoms with Crippen molar-refractivity contribution in [3.63, 3.8) is 0 Å². The van der Waals surface area contributed by atoms with Crippen molar-refractivity contribution in [2.24, 2.45) is 7.05 Å². The molecule has 0 aliphatic rings. The quantitative estimate of drug-likeness (QED) is 0.433. The van der Waals surface area contributed by atoms with Gasteiger partial charge in [0, 0.05) is 26.1 Å². The van der Waals surface area contributed by atoms with Crippen molar-refractivity contribution in [3.8, 4) is 0 Å². The molecule has 0 aromatic carbocycles. The van der Waals surface area contributed by atoms with Gasteiger partial charge in [0.05, 0.1) is 18.5 Å². The average Bonchev–Trinajstić information content (AvgIpc) is 2.77. The molecule has 0 unspecified atom stereocenters. The minimum atomic E-state index is -0.404. The number of anilines is 1. The van der Waals surface area contributed by atoms with Crippen LogP contribution < -0.4 is 4.90 Å². The van der Waals surface area contributed by atoms with Crippen molar-refractivity contribution in [1.29, 1.82) is 0 Å². The van der Waals surface area contributed by atoms with Crippen LogP contribution >= 0.6 is 0 Å². The van der Waals surface area contributed by atoms with Gasteiger partial charge in [-0.1, -0.05) is 13.8 Å². The van der Waals surface area contributed by atoms with Gasteiger partial charge in [0.2, 0.25) is 5.82 Å². The lowest BCUT2D eigenvalue weighted by atomic mass is 10.1. The van der Waals surface area contributed by atoms with E-state index in [1.165, 1.54) is 11.8 Å². The summed E-state index contributed by atoms with van der Waals surface area (Å²) in [6.45, 7) is 6.49. The summed E-state index contributed by atoms with van der Waals surface area (Å²) in [5.74, 6) is 0.0297. The SMILES string of the molecule is CCN(CCC(=O)OC)c1c([N+](=O)[O-])c(C(C)C)nn1C. The Labute approximate surface area is 123 Å². The lowest BCUT2D eigenvalue weighted by Gasteiger charge is -2.21. The van der Waals surface area contributed by atoms with E-state index in [0.29, 0.717) is 24.6 Å². The van der Waals surface area contributed by atoms with Gasteiger partial charge in [-0.05, 0) is 6.92 Å². The molecule has 0 fully saturated rings. The molecule has 0 N–H and O–H groups in total. The highest BCUT2D eigenvalue weighted by atomic mass is 16.6. The third kappa shape index (κ3) is 3.71. The summed E-state index contributed by atoms with van der Waals surface area (Å²) in [5.41, 5.74) is 0.466. The molecule has 1 rings (SSSR count). The minimum Gasteiger partial charge on any atom is -0.469 e. The molecule has 0 atom stereocenters. The van der Waals surface area contributed by atoms with Crippen LogP contribution in [-0.4, -0.2) is 40.9 Å². The molecule has 0 aliphatic carbocycles. The van der Waals surface area contributed by atoms with Crippen molar-refractivity contribution < 1.29 is 14.5 Å². The standard InChI is InChI=1S/C13H22N4O4/c1-6-16(8-7-10(18)21-5)13-12(17(19)20)11(9(2)3)14-15(13)4/h9H,6-8H2,1-5H3. The Balaban J connectivity index is 3.19. The third-order valence-electron chi connectivity index (χ3n) is 3.24. The molecule has 0 aliphatic heterocycles. The molecule has 0 saturated carbocycles. The van der Waals surface area contributed by atoms with Crippen LogP contribution in [0.4, 0.5) is 11.5 Å². The summed E-state index contributed by atoms with van der Waals surface area (Å²) >= 11 is 0. The second-order valence-corrected chi connectivity index (χ2v) is 5.00. The lowest BCUT2D eigenvalue weighted by molar-refractivity contribution is -0.385. The van der Waals surface area contributed by atoms with Gasteiger partial charge in [-0.15, -0.1) is 0 Å². The summed E-state index contributed by atoms with van der Waals surface area (Å²) in [6, 6.07) is 0. The van der Waals surface area contributed by atoms with Crippen LogP contribution in [0.1, 0.15) is 38.8 Å². The first-order valence-electron chi connectivity index (χ1n) is 6.86. The van der Waals surface area contributed by atoms with Gasteiger partial charge in [0.1, 0.15) is 5.69 Å². The molecule has 1 heterocycles. The molecule has 1 aromatic heterocycles. The zero-order valence-corrected chi connectivity index (χ0v) is 13.1. The molecular weight excluding hydrogens is 276 g/mol. The van der Waals surface area contributed by atoms with Crippen molar-refractivity contribution >= 4 is 17.5 Å². The Morgan fingerprint density at radius 2 is 2.14 bits per heavy atom. The monoisotopic (exact) mass is 298 g/mol. The van der Waals surface area contributed by atoms with Gasteiger partial charge in [0.15, 0.2) is 0 Å². The normalized spacial score (nSPS) is 10.8. The number of esters is 1. The number of carbonyl (C=O) groups is 1. The van der Waals surface area contributed by atoms with Gasteiger partial charge in [-0.25, -0.2) is 4.68 Å². The van der Waals surface area contributed by atoms with Gasteiger partial charge >= 0.3 is 11.7 Å². The Bertz CT molecular complexity index is 524. The van der Waals surface area contributed by atoms with Gasteiger partial charge in [-0.2, -0.15) is 5.10 Å². The Morgan fingerprint density at radius 3 is 2.57 bits per heavy atom. The topological polar surface area (TPSA) is 90.5 Å². The minimum absolute atomic E-state index is 0.0132. The van der Waals surface area contributed by atoms with E-state index in [1.807, 2.05) is 20.8 Å². The predicted octanol–water partition coefficient (Wildman–Crippen LogP) is 1.84. The largest absolute Gasteiger partial charge is 0.469 e. The maximum absolute atomic E-state index is 11.4. The summed E-state index contributed by atoms with van der Waals surface area (Å²) in [6.07, 6.45) is 0.170. The summed E-state index contributed by atoms with van der Waals surface area (Å²) in [4.78, 5) is 24.1. The third-order valence-corrected chi connectivity index (χ3v) is 3.24. The highest BCUT2D eigenvalue weighted by Gasteiger charge is 2.31. The summed E-state index contributed by atoms with van der Waals surface area (Å²) < 4.78 is 6.12. The fourth-order valence-electron chi connectivity index (χ4n) is 2.18. The average molecular weight is 298 g/mol. The number of ether oxygens (including phenoxy) is 1. The molecule has 8 nitrogen and oxygen atoms in total. The maximum Gasteiger partial charge on any atom is 0.334 e. The number of hydrogen-bond acceptors (Lipinski definition) is 6. The first-order valence-corrected chi connectivity index (χ1v) is 6.86. The van der Waals surface area contributed by atoms with Crippen LogP contribution in [0.3, 0.4) is 0 Å². The van der Waals surface area contributed by atoms with Gasteiger partial charge < -0.3 is 9.64 Å². The van der Waals surface area contributed by atoms with Crippen LogP contribution in [0.5, 0.6) is 0 Å².